The molecule has 0 aliphatic carbocycles. The van der Waals surface area contributed by atoms with E-state index in [9.17, 15) is 31.5 Å². The fourth-order valence-corrected chi connectivity index (χ4v) is 4.59. The lowest BCUT2D eigenvalue weighted by Gasteiger charge is -2.14. The Morgan fingerprint density at radius 3 is 1.79 bits per heavy atom. The van der Waals surface area contributed by atoms with Crippen LogP contribution < -0.4 is 9.47 Å². The zero-order valence-corrected chi connectivity index (χ0v) is 18.2. The van der Waals surface area contributed by atoms with Gasteiger partial charge in [-0.15, -0.1) is 0 Å². The average molecular weight is 495 g/mol. The van der Waals surface area contributed by atoms with Crippen LogP contribution in [0, 0.1) is 5.21 Å². The van der Waals surface area contributed by atoms with E-state index in [-0.39, 0.29) is 21.6 Å². The number of rotatable bonds is 4. The van der Waals surface area contributed by atoms with Gasteiger partial charge in [0.1, 0.15) is 10.6 Å². The number of methoxy groups -OCH3 is 1. The summed E-state index contributed by atoms with van der Waals surface area (Å²) in [5, 5.41) is 13.5. The van der Waals surface area contributed by atoms with Gasteiger partial charge < -0.3 is 9.94 Å². The van der Waals surface area contributed by atoms with Crippen LogP contribution in [0.4, 0.5) is 26.3 Å². The molecule has 0 unspecified atom stereocenters. The number of hydrogen-bond acceptors (Lipinski definition) is 3. The SMILES string of the molecule is COc1ccc(-c2sc(-c3ccccc3)[n+]([O-])c2-c2cc(C(F)(F)F)cc(C(F)(F)F)c2)cc1. The van der Waals surface area contributed by atoms with Crippen molar-refractivity contribution in [1.29, 1.82) is 0 Å². The minimum absolute atomic E-state index is 0.0379. The van der Waals surface area contributed by atoms with Crippen molar-refractivity contribution in [3.63, 3.8) is 0 Å². The smallest absolute Gasteiger partial charge is 0.416 e. The number of thiazole rings is 1. The Morgan fingerprint density at radius 1 is 0.735 bits per heavy atom. The molecule has 0 fully saturated rings. The third-order valence-corrected chi connectivity index (χ3v) is 6.26. The molecule has 4 rings (SSSR count). The first-order chi connectivity index (χ1) is 16.0. The monoisotopic (exact) mass is 495 g/mol. The van der Waals surface area contributed by atoms with Crippen molar-refractivity contribution in [2.45, 2.75) is 12.4 Å². The topological polar surface area (TPSA) is 36.2 Å². The van der Waals surface area contributed by atoms with E-state index >= 15 is 0 Å². The summed E-state index contributed by atoms with van der Waals surface area (Å²) in [5.74, 6) is 0.499. The van der Waals surface area contributed by atoms with Crippen LogP contribution in [0.25, 0.3) is 32.3 Å². The molecule has 0 bridgehead atoms. The first kappa shape index (κ1) is 23.6. The molecule has 10 heteroatoms. The average Bonchev–Trinajstić information content (AvgIpc) is 3.15. The maximum Gasteiger partial charge on any atom is 0.416 e. The molecule has 0 spiro atoms. The quantitative estimate of drug-likeness (QED) is 0.168. The zero-order chi connectivity index (χ0) is 24.7. The predicted octanol–water partition coefficient (Wildman–Crippen LogP) is 7.43. The van der Waals surface area contributed by atoms with Gasteiger partial charge >= 0.3 is 12.4 Å². The van der Waals surface area contributed by atoms with E-state index in [1.807, 2.05) is 0 Å². The Morgan fingerprint density at radius 2 is 1.29 bits per heavy atom. The van der Waals surface area contributed by atoms with E-state index in [1.54, 1.807) is 54.6 Å². The summed E-state index contributed by atoms with van der Waals surface area (Å²) < 4.78 is 86.3. The van der Waals surface area contributed by atoms with Gasteiger partial charge in [-0.3, -0.25) is 0 Å². The predicted molar refractivity (Wildman–Crippen MR) is 116 cm³/mol. The summed E-state index contributed by atoms with van der Waals surface area (Å²) in [6.07, 6.45) is -10.1. The van der Waals surface area contributed by atoms with Gasteiger partial charge in [0.25, 0.3) is 5.01 Å². The van der Waals surface area contributed by atoms with E-state index in [0.29, 0.717) is 33.7 Å². The van der Waals surface area contributed by atoms with Crippen molar-refractivity contribution in [2.75, 3.05) is 7.11 Å². The summed E-state index contributed by atoms with van der Waals surface area (Å²) in [5.41, 5.74) is -2.85. The Labute approximate surface area is 194 Å². The van der Waals surface area contributed by atoms with Gasteiger partial charge in [0.2, 0.25) is 5.69 Å². The van der Waals surface area contributed by atoms with Gasteiger partial charge in [0.05, 0.1) is 29.4 Å². The number of ether oxygens (including phenoxy) is 1. The molecular weight excluding hydrogens is 480 g/mol. The van der Waals surface area contributed by atoms with Crippen LogP contribution >= 0.6 is 11.3 Å². The van der Waals surface area contributed by atoms with Gasteiger partial charge in [-0.25, -0.2) is 0 Å². The van der Waals surface area contributed by atoms with E-state index in [2.05, 4.69) is 0 Å². The molecule has 0 aliphatic rings. The highest BCUT2D eigenvalue weighted by Gasteiger charge is 2.38. The highest BCUT2D eigenvalue weighted by atomic mass is 32.1. The van der Waals surface area contributed by atoms with Gasteiger partial charge in [-0.2, -0.15) is 31.1 Å². The fourth-order valence-electron chi connectivity index (χ4n) is 3.42. The zero-order valence-electron chi connectivity index (χ0n) is 17.4. The van der Waals surface area contributed by atoms with Gasteiger partial charge in [0, 0.05) is 0 Å². The second kappa shape index (κ2) is 8.68. The molecule has 0 N–H and O–H groups in total. The van der Waals surface area contributed by atoms with Crippen LogP contribution in [0.15, 0.2) is 72.8 Å². The van der Waals surface area contributed by atoms with E-state index in [0.717, 1.165) is 11.3 Å². The molecule has 0 radical (unpaired) electrons. The molecule has 0 saturated carbocycles. The highest BCUT2D eigenvalue weighted by molar-refractivity contribution is 7.18. The number of nitrogens with zero attached hydrogens (tertiary/aromatic N) is 1. The molecule has 4 aromatic rings. The molecular formula is C24H15F6NO2S. The highest BCUT2D eigenvalue weighted by Crippen LogP contribution is 2.43. The Balaban J connectivity index is 2.03. The van der Waals surface area contributed by atoms with Crippen LogP contribution in [-0.4, -0.2) is 7.11 Å². The second-order valence-electron chi connectivity index (χ2n) is 7.27. The standard InChI is InChI=1S/C24H15F6NO2S/c1-33-19-9-7-14(8-10-19)21-20(31(32)22(34-21)15-5-3-2-4-6-15)16-11-17(23(25,26)27)13-18(12-16)24(28,29)30/h2-13H,1H3. The normalized spacial score (nSPS) is 12.1. The van der Waals surface area contributed by atoms with Crippen molar-refractivity contribution >= 4 is 11.3 Å². The van der Waals surface area contributed by atoms with Crippen molar-refractivity contribution in [3.05, 3.63) is 89.1 Å². The summed E-state index contributed by atoms with van der Waals surface area (Å²) >= 11 is 0.974. The summed E-state index contributed by atoms with van der Waals surface area (Å²) in [6, 6.07) is 15.8. The van der Waals surface area contributed by atoms with Crippen LogP contribution in [0.5, 0.6) is 5.75 Å². The van der Waals surface area contributed by atoms with E-state index in [4.69, 9.17) is 4.74 Å². The van der Waals surface area contributed by atoms with Crippen LogP contribution in [0.2, 0.25) is 0 Å². The maximum absolute atomic E-state index is 13.5. The summed E-state index contributed by atoms with van der Waals surface area (Å²) in [4.78, 5) is 0.226. The van der Waals surface area contributed by atoms with Gasteiger partial charge in [-0.05, 0) is 60.2 Å². The minimum atomic E-state index is -5.04. The van der Waals surface area contributed by atoms with Gasteiger partial charge in [-0.1, -0.05) is 29.5 Å². The first-order valence-electron chi connectivity index (χ1n) is 9.75. The Bertz CT molecular complexity index is 1280. The number of aromatic nitrogens is 1. The number of alkyl halides is 6. The fraction of sp³-hybridized carbons (Fsp3) is 0.125. The Kier molecular flexibility index (Phi) is 6.03. The molecule has 0 aliphatic heterocycles. The first-order valence-corrected chi connectivity index (χ1v) is 10.6. The lowest BCUT2D eigenvalue weighted by atomic mass is 10.00. The van der Waals surface area contributed by atoms with Crippen molar-refractivity contribution < 1.29 is 35.8 Å². The largest absolute Gasteiger partial charge is 0.617 e. The molecule has 34 heavy (non-hydrogen) atoms. The third kappa shape index (κ3) is 4.58. The number of hydrogen-bond donors (Lipinski definition) is 0. The van der Waals surface area contributed by atoms with Crippen LogP contribution in [0.3, 0.4) is 0 Å². The molecule has 0 saturated heterocycles. The van der Waals surface area contributed by atoms with E-state index in [1.165, 1.54) is 7.11 Å². The number of benzene rings is 3. The van der Waals surface area contributed by atoms with Crippen molar-refractivity contribution in [2.24, 2.45) is 0 Å². The van der Waals surface area contributed by atoms with Crippen molar-refractivity contribution in [3.8, 4) is 38.0 Å². The van der Waals surface area contributed by atoms with Crippen molar-refractivity contribution in [1.82, 2.24) is 0 Å². The molecule has 1 heterocycles. The third-order valence-electron chi connectivity index (χ3n) is 5.04. The lowest BCUT2D eigenvalue weighted by Crippen LogP contribution is -2.29. The molecule has 0 atom stereocenters. The minimum Gasteiger partial charge on any atom is -0.617 e. The lowest BCUT2D eigenvalue weighted by molar-refractivity contribution is -0.576. The maximum atomic E-state index is 13.5. The van der Waals surface area contributed by atoms with Crippen LogP contribution in [0.1, 0.15) is 11.1 Å². The molecule has 176 valence electrons. The molecule has 0 amide bonds. The van der Waals surface area contributed by atoms with Crippen LogP contribution in [-0.2, 0) is 12.4 Å². The second-order valence-corrected chi connectivity index (χ2v) is 8.27. The summed E-state index contributed by atoms with van der Waals surface area (Å²) in [6.45, 7) is 0. The van der Waals surface area contributed by atoms with Gasteiger partial charge in [0.15, 0.2) is 0 Å². The molecule has 3 nitrogen and oxygen atoms in total. The van der Waals surface area contributed by atoms with E-state index < -0.39 is 29.0 Å². The Hall–Kier alpha value is -3.53. The molecule has 1 aromatic heterocycles. The molecule has 3 aromatic carbocycles. The summed E-state index contributed by atoms with van der Waals surface area (Å²) in [7, 11) is 1.45. The number of halogens is 6.